The number of pyridine rings is 1. The summed E-state index contributed by atoms with van der Waals surface area (Å²) >= 11 is 11.8. The molecule has 0 saturated heterocycles. The van der Waals surface area contributed by atoms with E-state index in [9.17, 15) is 19.5 Å². The van der Waals surface area contributed by atoms with Crippen LogP contribution in [0.4, 0.5) is 5.69 Å². The Balaban J connectivity index is 1.01. The molecule has 0 atom stereocenters. The van der Waals surface area contributed by atoms with Crippen molar-refractivity contribution in [2.75, 3.05) is 5.32 Å². The molecule has 0 spiro atoms. The lowest BCUT2D eigenvalue weighted by Crippen LogP contribution is -2.39. The molecule has 0 aliphatic heterocycles. The minimum absolute atomic E-state index is 0.0150. The van der Waals surface area contributed by atoms with E-state index in [1.165, 1.54) is 18.3 Å². The molecule has 1 heterocycles. The highest BCUT2D eigenvalue weighted by Gasteiger charge is 2.24. The van der Waals surface area contributed by atoms with Crippen LogP contribution in [0.1, 0.15) is 56.8 Å². The fourth-order valence-electron chi connectivity index (χ4n) is 5.45. The summed E-state index contributed by atoms with van der Waals surface area (Å²) in [4.78, 5) is 40.7. The van der Waals surface area contributed by atoms with Crippen LogP contribution < -0.4 is 20.1 Å². The Morgan fingerprint density at radius 1 is 0.745 bits per heavy atom. The van der Waals surface area contributed by atoms with Gasteiger partial charge in [-0.25, -0.2) is 9.78 Å². The number of amides is 2. The zero-order chi connectivity index (χ0) is 32.9. The Hall–Kier alpha value is -5.12. The normalized spacial score (nSPS) is 15.9. The standard InChI is InChI=1S/C36H29Cl2N3O6/c37-31-19-24(20-39-33(31)38)35(43)40-25-9-15-27(16-10-25)47-29-14-8-22-17-28(13-7-23(22)18-29)46-26-11-5-21(6-12-26)34(42)41-32-4-2-1-3-30(32)36(44)45/h1-8,11-14,17-20,25,27H,9-10,15-16H2,(H,40,43)(H,41,42)(H,44,45). The van der Waals surface area contributed by atoms with E-state index < -0.39 is 11.9 Å². The summed E-state index contributed by atoms with van der Waals surface area (Å²) in [5.74, 6) is 0.195. The summed E-state index contributed by atoms with van der Waals surface area (Å²) in [5.41, 5.74) is 0.981. The van der Waals surface area contributed by atoms with E-state index in [0.29, 0.717) is 22.6 Å². The predicted octanol–water partition coefficient (Wildman–Crippen LogP) is 8.40. The molecule has 1 aliphatic carbocycles. The number of carboxylic acid groups (broad SMARTS) is 1. The van der Waals surface area contributed by atoms with Gasteiger partial charge in [0.05, 0.1) is 27.9 Å². The largest absolute Gasteiger partial charge is 0.490 e. The molecule has 9 nitrogen and oxygen atoms in total. The third-order valence-electron chi connectivity index (χ3n) is 7.91. The number of para-hydroxylation sites is 1. The van der Waals surface area contributed by atoms with E-state index in [1.807, 2.05) is 36.4 Å². The Labute approximate surface area is 280 Å². The van der Waals surface area contributed by atoms with Gasteiger partial charge in [0.15, 0.2) is 0 Å². The Bertz CT molecular complexity index is 1960. The molecule has 5 aromatic rings. The SMILES string of the molecule is O=C(Nc1ccccc1C(=O)O)c1ccc(Oc2ccc3cc(OC4CCC(NC(=O)c5cnc(Cl)c(Cl)c5)CC4)ccc3c2)cc1. The number of aromatic carboxylic acids is 1. The lowest BCUT2D eigenvalue weighted by Gasteiger charge is -2.29. The number of fused-ring (bicyclic) bond motifs is 1. The zero-order valence-corrected chi connectivity index (χ0v) is 26.4. The molecule has 0 unspecified atom stereocenters. The second-order valence-electron chi connectivity index (χ2n) is 11.2. The summed E-state index contributed by atoms with van der Waals surface area (Å²) in [6.45, 7) is 0. The Morgan fingerprint density at radius 3 is 2.11 bits per heavy atom. The maximum absolute atomic E-state index is 12.7. The van der Waals surface area contributed by atoms with Crippen molar-refractivity contribution < 1.29 is 29.0 Å². The van der Waals surface area contributed by atoms with Gasteiger partial charge in [0.25, 0.3) is 11.8 Å². The van der Waals surface area contributed by atoms with Crippen LogP contribution in [0.3, 0.4) is 0 Å². The molecule has 238 valence electrons. The van der Waals surface area contributed by atoms with Gasteiger partial charge in [0.1, 0.15) is 22.4 Å². The molecule has 4 aromatic carbocycles. The van der Waals surface area contributed by atoms with Crippen LogP contribution >= 0.6 is 23.2 Å². The van der Waals surface area contributed by atoms with Crippen molar-refractivity contribution in [1.29, 1.82) is 0 Å². The molecular formula is C36H29Cl2N3O6. The fourth-order valence-corrected chi connectivity index (χ4v) is 5.72. The van der Waals surface area contributed by atoms with Gasteiger partial charge in [-0.1, -0.05) is 47.5 Å². The smallest absolute Gasteiger partial charge is 0.337 e. The molecule has 1 saturated carbocycles. The Morgan fingerprint density at radius 2 is 1.40 bits per heavy atom. The van der Waals surface area contributed by atoms with Crippen LogP contribution in [0.5, 0.6) is 17.2 Å². The molecule has 3 N–H and O–H groups in total. The fraction of sp³-hybridized carbons (Fsp3) is 0.167. The molecule has 1 fully saturated rings. The number of carbonyl (C=O) groups excluding carboxylic acids is 2. The number of nitrogens with zero attached hydrogens (tertiary/aromatic N) is 1. The van der Waals surface area contributed by atoms with E-state index in [1.54, 1.807) is 42.5 Å². The lowest BCUT2D eigenvalue weighted by molar-refractivity contribution is 0.0697. The van der Waals surface area contributed by atoms with Crippen molar-refractivity contribution in [3.05, 3.63) is 124 Å². The minimum Gasteiger partial charge on any atom is -0.490 e. The zero-order valence-electron chi connectivity index (χ0n) is 24.9. The number of aromatic nitrogens is 1. The van der Waals surface area contributed by atoms with Gasteiger partial charge < -0.3 is 25.2 Å². The maximum atomic E-state index is 12.7. The molecule has 6 rings (SSSR count). The minimum atomic E-state index is -1.12. The number of hydrogen-bond donors (Lipinski definition) is 3. The van der Waals surface area contributed by atoms with Crippen LogP contribution in [0.15, 0.2) is 97.2 Å². The highest BCUT2D eigenvalue weighted by Crippen LogP contribution is 2.31. The Kier molecular flexibility index (Phi) is 9.56. The van der Waals surface area contributed by atoms with Gasteiger partial charge in [-0.3, -0.25) is 9.59 Å². The van der Waals surface area contributed by atoms with Gasteiger partial charge in [0.2, 0.25) is 0 Å². The number of benzene rings is 4. The van der Waals surface area contributed by atoms with Crippen LogP contribution in [0.2, 0.25) is 10.2 Å². The predicted molar refractivity (Wildman–Crippen MR) is 180 cm³/mol. The van der Waals surface area contributed by atoms with Crippen molar-refractivity contribution >= 4 is 57.4 Å². The topological polar surface area (TPSA) is 127 Å². The van der Waals surface area contributed by atoms with E-state index >= 15 is 0 Å². The van der Waals surface area contributed by atoms with Crippen LogP contribution in [0.25, 0.3) is 10.8 Å². The highest BCUT2D eigenvalue weighted by atomic mass is 35.5. The molecule has 0 radical (unpaired) electrons. The van der Waals surface area contributed by atoms with E-state index in [0.717, 1.165) is 42.2 Å². The number of anilines is 1. The average Bonchev–Trinajstić information content (AvgIpc) is 3.07. The summed E-state index contributed by atoms with van der Waals surface area (Å²) in [6, 6.07) is 26.1. The van der Waals surface area contributed by atoms with Gasteiger partial charge in [-0.2, -0.15) is 0 Å². The van der Waals surface area contributed by atoms with Crippen molar-refractivity contribution in [3.63, 3.8) is 0 Å². The van der Waals surface area contributed by atoms with Crippen LogP contribution in [-0.4, -0.2) is 40.0 Å². The third kappa shape index (κ3) is 7.82. The molecular weight excluding hydrogens is 641 g/mol. The number of ether oxygens (including phenoxy) is 2. The first-order valence-corrected chi connectivity index (χ1v) is 15.7. The molecule has 1 aromatic heterocycles. The van der Waals surface area contributed by atoms with Gasteiger partial charge in [0, 0.05) is 17.8 Å². The summed E-state index contributed by atoms with van der Waals surface area (Å²) < 4.78 is 12.3. The summed E-state index contributed by atoms with van der Waals surface area (Å²) in [5, 5.41) is 17.4. The number of rotatable bonds is 9. The number of halogens is 2. The van der Waals surface area contributed by atoms with Crippen LogP contribution in [0, 0.1) is 0 Å². The van der Waals surface area contributed by atoms with E-state index in [-0.39, 0.29) is 39.5 Å². The van der Waals surface area contributed by atoms with Crippen molar-refractivity contribution in [2.24, 2.45) is 0 Å². The number of hydrogen-bond acceptors (Lipinski definition) is 6. The first kappa shape index (κ1) is 31.8. The van der Waals surface area contributed by atoms with Gasteiger partial charge >= 0.3 is 5.97 Å². The molecule has 0 bridgehead atoms. The first-order valence-electron chi connectivity index (χ1n) is 15.0. The van der Waals surface area contributed by atoms with E-state index in [2.05, 4.69) is 15.6 Å². The first-order chi connectivity index (χ1) is 22.7. The third-order valence-corrected chi connectivity index (χ3v) is 8.60. The molecule has 2 amide bonds. The van der Waals surface area contributed by atoms with Crippen molar-refractivity contribution in [3.8, 4) is 17.2 Å². The van der Waals surface area contributed by atoms with Crippen molar-refractivity contribution in [1.82, 2.24) is 10.3 Å². The number of nitrogens with one attached hydrogen (secondary N) is 2. The number of carboxylic acids is 1. The quantitative estimate of drug-likeness (QED) is 0.134. The average molecular weight is 671 g/mol. The maximum Gasteiger partial charge on any atom is 0.337 e. The van der Waals surface area contributed by atoms with Crippen LogP contribution in [-0.2, 0) is 0 Å². The number of carbonyl (C=O) groups is 3. The second-order valence-corrected chi connectivity index (χ2v) is 11.9. The van der Waals surface area contributed by atoms with Gasteiger partial charge in [-0.05, 0) is 103 Å². The summed E-state index contributed by atoms with van der Waals surface area (Å²) in [7, 11) is 0. The second kappa shape index (κ2) is 14.1. The molecule has 11 heteroatoms. The molecule has 47 heavy (non-hydrogen) atoms. The lowest BCUT2D eigenvalue weighted by atomic mass is 9.92. The monoisotopic (exact) mass is 669 g/mol. The van der Waals surface area contributed by atoms with Crippen molar-refractivity contribution in [2.45, 2.75) is 37.8 Å². The molecule has 1 aliphatic rings. The van der Waals surface area contributed by atoms with Gasteiger partial charge in [-0.15, -0.1) is 0 Å². The highest BCUT2D eigenvalue weighted by molar-refractivity contribution is 6.41. The summed E-state index contributed by atoms with van der Waals surface area (Å²) in [6.07, 6.45) is 4.68. The van der Waals surface area contributed by atoms with E-state index in [4.69, 9.17) is 32.7 Å².